The van der Waals surface area contributed by atoms with Gasteiger partial charge in [0.2, 0.25) is 0 Å². The number of hydrogen-bond donors (Lipinski definition) is 2. The van der Waals surface area contributed by atoms with E-state index in [1.807, 2.05) is 0 Å². The molecule has 2 aromatic rings. The van der Waals surface area contributed by atoms with Gasteiger partial charge in [-0.2, -0.15) is 0 Å². The Morgan fingerprint density at radius 2 is 1.71 bits per heavy atom. The molecule has 0 amide bonds. The predicted octanol–water partition coefficient (Wildman–Crippen LogP) is 2.90. The number of anilines is 1. The van der Waals surface area contributed by atoms with Crippen molar-refractivity contribution in [3.63, 3.8) is 0 Å². The van der Waals surface area contributed by atoms with E-state index in [-0.39, 0.29) is 17.2 Å². The minimum Gasteiger partial charge on any atom is -0.478 e. The van der Waals surface area contributed by atoms with Gasteiger partial charge in [0, 0.05) is 15.5 Å². The number of nitrogen functional groups attached to an aromatic ring is 1. The molecule has 0 saturated carbocycles. The van der Waals surface area contributed by atoms with Gasteiger partial charge in [-0.3, -0.25) is 0 Å². The van der Waals surface area contributed by atoms with Crippen molar-refractivity contribution in [2.24, 2.45) is 0 Å². The zero-order chi connectivity index (χ0) is 15.4. The molecular formula is C15H13NO4S. The first-order chi connectivity index (χ1) is 10.0. The molecule has 108 valence electrons. The van der Waals surface area contributed by atoms with Gasteiger partial charge < -0.3 is 15.6 Å². The number of rotatable bonds is 4. The van der Waals surface area contributed by atoms with E-state index in [9.17, 15) is 9.59 Å². The molecule has 0 spiro atoms. The van der Waals surface area contributed by atoms with Crippen LogP contribution in [0.5, 0.6) is 0 Å². The summed E-state index contributed by atoms with van der Waals surface area (Å²) in [5.41, 5.74) is 6.48. The Bertz CT molecular complexity index is 683. The van der Waals surface area contributed by atoms with Gasteiger partial charge in [-0.25, -0.2) is 9.59 Å². The molecule has 0 aliphatic rings. The lowest BCUT2D eigenvalue weighted by molar-refractivity contribution is 0.0599. The van der Waals surface area contributed by atoms with Crippen molar-refractivity contribution in [2.75, 3.05) is 12.8 Å². The zero-order valence-corrected chi connectivity index (χ0v) is 12.0. The molecule has 0 radical (unpaired) electrons. The van der Waals surface area contributed by atoms with E-state index in [2.05, 4.69) is 4.74 Å². The first-order valence-electron chi connectivity index (χ1n) is 6.00. The Morgan fingerprint density at radius 1 is 1.10 bits per heavy atom. The number of carboxylic acid groups (broad SMARTS) is 1. The van der Waals surface area contributed by atoms with Gasteiger partial charge >= 0.3 is 11.9 Å². The zero-order valence-electron chi connectivity index (χ0n) is 11.2. The summed E-state index contributed by atoms with van der Waals surface area (Å²) >= 11 is 1.43. The summed E-state index contributed by atoms with van der Waals surface area (Å²) in [6.07, 6.45) is 0. The summed E-state index contributed by atoms with van der Waals surface area (Å²) in [6, 6.07) is 11.7. The van der Waals surface area contributed by atoms with Crippen LogP contribution < -0.4 is 5.73 Å². The van der Waals surface area contributed by atoms with Gasteiger partial charge in [-0.15, -0.1) is 0 Å². The van der Waals surface area contributed by atoms with Crippen LogP contribution >= 0.6 is 11.8 Å². The maximum absolute atomic E-state index is 11.3. The average Bonchev–Trinajstić information content (AvgIpc) is 2.47. The molecule has 0 saturated heterocycles. The number of benzene rings is 2. The Hall–Kier alpha value is -2.47. The highest BCUT2D eigenvalue weighted by Crippen LogP contribution is 2.30. The summed E-state index contributed by atoms with van der Waals surface area (Å²) < 4.78 is 4.63. The van der Waals surface area contributed by atoms with Crippen molar-refractivity contribution in [3.8, 4) is 0 Å². The minimum atomic E-state index is -1.05. The number of esters is 1. The minimum absolute atomic E-state index is 0.0837. The summed E-state index contributed by atoms with van der Waals surface area (Å²) in [5.74, 6) is -1.44. The quantitative estimate of drug-likeness (QED) is 0.667. The second-order valence-corrected chi connectivity index (χ2v) is 5.32. The third-order valence-electron chi connectivity index (χ3n) is 2.76. The van der Waals surface area contributed by atoms with Crippen LogP contribution in [0, 0.1) is 0 Å². The monoisotopic (exact) mass is 303 g/mol. The molecule has 6 heteroatoms. The van der Waals surface area contributed by atoms with Gasteiger partial charge in [-0.1, -0.05) is 11.8 Å². The molecule has 0 unspecified atom stereocenters. The standard InChI is InChI=1S/C15H13NO4S/c1-20-15(19)9-2-4-10(5-3-9)21-11-6-7-12(14(17)18)13(16)8-11/h2-8H,16H2,1H3,(H,17,18). The number of aromatic carboxylic acids is 1. The SMILES string of the molecule is COC(=O)c1ccc(Sc2ccc(C(=O)O)c(N)c2)cc1. The van der Waals surface area contributed by atoms with Gasteiger partial charge in [0.05, 0.1) is 18.2 Å². The normalized spacial score (nSPS) is 10.1. The lowest BCUT2D eigenvalue weighted by atomic mass is 10.2. The van der Waals surface area contributed by atoms with Crippen LogP contribution in [0.3, 0.4) is 0 Å². The molecule has 0 heterocycles. The smallest absolute Gasteiger partial charge is 0.337 e. The molecule has 0 aliphatic heterocycles. The number of ether oxygens (including phenoxy) is 1. The molecule has 2 rings (SSSR count). The summed E-state index contributed by atoms with van der Waals surface area (Å²) in [6.45, 7) is 0. The maximum atomic E-state index is 11.3. The number of carbonyl (C=O) groups is 2. The van der Waals surface area contributed by atoms with E-state index in [4.69, 9.17) is 10.8 Å². The van der Waals surface area contributed by atoms with Crippen LogP contribution in [0.4, 0.5) is 5.69 Å². The molecule has 0 bridgehead atoms. The predicted molar refractivity (Wildman–Crippen MR) is 79.7 cm³/mol. The van der Waals surface area contributed by atoms with Crippen LogP contribution in [0.2, 0.25) is 0 Å². The third kappa shape index (κ3) is 3.55. The molecule has 0 aliphatic carbocycles. The van der Waals surface area contributed by atoms with Crippen molar-refractivity contribution in [1.29, 1.82) is 0 Å². The van der Waals surface area contributed by atoms with Gasteiger partial charge in [0.25, 0.3) is 0 Å². The van der Waals surface area contributed by atoms with Gasteiger partial charge in [-0.05, 0) is 42.5 Å². The fourth-order valence-electron chi connectivity index (χ4n) is 1.71. The van der Waals surface area contributed by atoms with Crippen LogP contribution in [0.1, 0.15) is 20.7 Å². The maximum Gasteiger partial charge on any atom is 0.337 e. The van der Waals surface area contributed by atoms with E-state index in [0.717, 1.165) is 9.79 Å². The summed E-state index contributed by atoms with van der Waals surface area (Å²) in [5, 5.41) is 8.92. The molecule has 21 heavy (non-hydrogen) atoms. The van der Waals surface area contributed by atoms with Crippen LogP contribution in [0.25, 0.3) is 0 Å². The fourth-order valence-corrected chi connectivity index (χ4v) is 2.58. The first-order valence-corrected chi connectivity index (χ1v) is 6.82. The van der Waals surface area contributed by atoms with E-state index in [1.54, 1.807) is 36.4 Å². The first kappa shape index (κ1) is 14.9. The van der Waals surface area contributed by atoms with E-state index < -0.39 is 5.97 Å². The molecule has 0 aromatic heterocycles. The Kier molecular flexibility index (Phi) is 4.49. The molecule has 0 fully saturated rings. The number of hydrogen-bond acceptors (Lipinski definition) is 5. The van der Waals surface area contributed by atoms with E-state index >= 15 is 0 Å². The molecule has 3 N–H and O–H groups in total. The second-order valence-electron chi connectivity index (χ2n) is 4.17. The highest BCUT2D eigenvalue weighted by Gasteiger charge is 2.09. The van der Waals surface area contributed by atoms with Crippen LogP contribution in [0.15, 0.2) is 52.3 Å². The lowest BCUT2D eigenvalue weighted by Crippen LogP contribution is -2.01. The Labute approximate surface area is 125 Å². The van der Waals surface area contributed by atoms with Crippen molar-refractivity contribution in [2.45, 2.75) is 9.79 Å². The summed E-state index contributed by atoms with van der Waals surface area (Å²) in [7, 11) is 1.33. The fraction of sp³-hybridized carbons (Fsp3) is 0.0667. The van der Waals surface area contributed by atoms with Gasteiger partial charge in [0.15, 0.2) is 0 Å². The number of methoxy groups -OCH3 is 1. The number of nitrogens with two attached hydrogens (primary N) is 1. The van der Waals surface area contributed by atoms with E-state index in [0.29, 0.717) is 5.56 Å². The highest BCUT2D eigenvalue weighted by atomic mass is 32.2. The molecule has 0 atom stereocenters. The van der Waals surface area contributed by atoms with Crippen LogP contribution in [-0.4, -0.2) is 24.2 Å². The van der Waals surface area contributed by atoms with Crippen molar-refractivity contribution < 1.29 is 19.4 Å². The average molecular weight is 303 g/mol. The number of carbonyl (C=O) groups excluding carboxylic acids is 1. The Balaban J connectivity index is 2.17. The van der Waals surface area contributed by atoms with Crippen molar-refractivity contribution in [3.05, 3.63) is 53.6 Å². The molecule has 2 aromatic carbocycles. The third-order valence-corrected chi connectivity index (χ3v) is 3.76. The lowest BCUT2D eigenvalue weighted by Gasteiger charge is -2.06. The number of carboxylic acids is 1. The Morgan fingerprint density at radius 3 is 2.24 bits per heavy atom. The topological polar surface area (TPSA) is 89.6 Å². The highest BCUT2D eigenvalue weighted by molar-refractivity contribution is 7.99. The second kappa shape index (κ2) is 6.32. The van der Waals surface area contributed by atoms with E-state index in [1.165, 1.54) is 24.9 Å². The molecule has 5 nitrogen and oxygen atoms in total. The van der Waals surface area contributed by atoms with Crippen molar-refractivity contribution >= 4 is 29.4 Å². The van der Waals surface area contributed by atoms with Crippen LogP contribution in [-0.2, 0) is 4.74 Å². The largest absolute Gasteiger partial charge is 0.478 e. The van der Waals surface area contributed by atoms with Crippen molar-refractivity contribution in [1.82, 2.24) is 0 Å². The summed E-state index contributed by atoms with van der Waals surface area (Å²) in [4.78, 5) is 23.9. The molecular weight excluding hydrogens is 290 g/mol. The van der Waals surface area contributed by atoms with Gasteiger partial charge in [0.1, 0.15) is 0 Å².